The number of hydrogen-bond acceptors (Lipinski definition) is 4. The molecule has 1 saturated heterocycles. The maximum Gasteiger partial charge on any atom is 0.234 e. The Hall–Kier alpha value is -1.67. The largest absolute Gasteiger partial charge is 0.365 e. The summed E-state index contributed by atoms with van der Waals surface area (Å²) in [5.74, 6) is 5.86. The highest BCUT2D eigenvalue weighted by atomic mass is 16.7. The highest BCUT2D eigenvalue weighted by molar-refractivity contribution is 5.99. The van der Waals surface area contributed by atoms with Gasteiger partial charge in [0.25, 0.3) is 0 Å². The third-order valence-electron chi connectivity index (χ3n) is 4.15. The Labute approximate surface area is 157 Å². The minimum Gasteiger partial charge on any atom is -0.365 e. The fourth-order valence-corrected chi connectivity index (χ4v) is 2.76. The van der Waals surface area contributed by atoms with Crippen molar-refractivity contribution < 1.29 is 19.0 Å². The summed E-state index contributed by atoms with van der Waals surface area (Å²) < 4.78 is 17.0. The molecule has 0 N–H and O–H groups in total. The fourth-order valence-electron chi connectivity index (χ4n) is 2.76. The molecule has 0 radical (unpaired) electrons. The summed E-state index contributed by atoms with van der Waals surface area (Å²) in [5, 5.41) is 0. The molecule has 0 spiro atoms. The van der Waals surface area contributed by atoms with Crippen molar-refractivity contribution in [3.8, 4) is 11.8 Å². The van der Waals surface area contributed by atoms with Crippen LogP contribution in [0.3, 0.4) is 0 Å². The number of ether oxygens (including phenoxy) is 3. The van der Waals surface area contributed by atoms with Gasteiger partial charge < -0.3 is 14.2 Å². The minimum atomic E-state index is -0.481. The number of carbonyl (C=O) groups excluding carboxylic acids is 1. The molecule has 2 unspecified atom stereocenters. The van der Waals surface area contributed by atoms with Crippen LogP contribution in [0.25, 0.3) is 0 Å². The van der Waals surface area contributed by atoms with E-state index in [9.17, 15) is 4.79 Å². The lowest BCUT2D eigenvalue weighted by Gasteiger charge is -2.22. The van der Waals surface area contributed by atoms with Gasteiger partial charge in [0.2, 0.25) is 5.78 Å². The van der Waals surface area contributed by atoms with E-state index < -0.39 is 6.10 Å². The Morgan fingerprint density at radius 1 is 1.27 bits per heavy atom. The summed E-state index contributed by atoms with van der Waals surface area (Å²) in [6.45, 7) is 5.85. The summed E-state index contributed by atoms with van der Waals surface area (Å²) in [5.41, 5.74) is 1.06. The summed E-state index contributed by atoms with van der Waals surface area (Å²) in [6, 6.07) is 9.88. The number of hydrogen-bond donors (Lipinski definition) is 0. The maximum atomic E-state index is 12.4. The van der Waals surface area contributed by atoms with Crippen molar-refractivity contribution in [1.82, 2.24) is 0 Å². The van der Waals surface area contributed by atoms with E-state index in [0.29, 0.717) is 32.0 Å². The van der Waals surface area contributed by atoms with E-state index in [-0.39, 0.29) is 12.1 Å². The van der Waals surface area contributed by atoms with Crippen molar-refractivity contribution in [2.75, 3.05) is 13.2 Å². The lowest BCUT2D eigenvalue weighted by atomic mass is 10.0. The van der Waals surface area contributed by atoms with Crippen LogP contribution < -0.4 is 0 Å². The highest BCUT2D eigenvalue weighted by Crippen LogP contribution is 2.14. The van der Waals surface area contributed by atoms with Gasteiger partial charge in [-0.05, 0) is 43.1 Å². The third-order valence-corrected chi connectivity index (χ3v) is 4.15. The number of benzene rings is 1. The Morgan fingerprint density at radius 2 is 2.08 bits per heavy atom. The molecular weight excluding hydrogens is 328 g/mol. The van der Waals surface area contributed by atoms with Crippen LogP contribution in [0.5, 0.6) is 0 Å². The van der Waals surface area contributed by atoms with Crippen LogP contribution in [0.15, 0.2) is 30.3 Å². The van der Waals surface area contributed by atoms with Gasteiger partial charge in [0.1, 0.15) is 6.10 Å². The van der Waals surface area contributed by atoms with E-state index in [1.807, 2.05) is 30.3 Å². The van der Waals surface area contributed by atoms with E-state index >= 15 is 0 Å². The van der Waals surface area contributed by atoms with Gasteiger partial charge in [-0.15, -0.1) is 0 Å². The quantitative estimate of drug-likeness (QED) is 0.378. The SMILES string of the molecule is CC(C)CC(OCc1ccccc1)C(=O)C#CCCOC1CCCCO1. The second-order valence-corrected chi connectivity index (χ2v) is 7.00. The molecule has 142 valence electrons. The molecule has 0 saturated carbocycles. The van der Waals surface area contributed by atoms with Crippen molar-refractivity contribution in [3.63, 3.8) is 0 Å². The van der Waals surface area contributed by atoms with Crippen LogP contribution in [0, 0.1) is 17.8 Å². The van der Waals surface area contributed by atoms with Crippen molar-refractivity contribution in [2.45, 2.75) is 65.0 Å². The Morgan fingerprint density at radius 3 is 2.77 bits per heavy atom. The zero-order chi connectivity index (χ0) is 18.6. The average molecular weight is 358 g/mol. The van der Waals surface area contributed by atoms with Gasteiger partial charge in [-0.3, -0.25) is 4.79 Å². The first kappa shape index (κ1) is 20.6. The number of Topliss-reactive ketones (excluding diaryl/α,β-unsaturated/α-hetero) is 1. The van der Waals surface area contributed by atoms with Crippen molar-refractivity contribution in [1.29, 1.82) is 0 Å². The smallest absolute Gasteiger partial charge is 0.234 e. The molecule has 4 heteroatoms. The van der Waals surface area contributed by atoms with Crippen LogP contribution in [0.1, 0.15) is 51.5 Å². The standard InChI is InChI=1S/C22H30O4/c1-18(2)16-21(26-17-19-10-4-3-5-11-19)20(23)12-6-8-14-24-22-13-7-9-15-25-22/h3-5,10-11,18,21-22H,7-9,13-17H2,1-2H3. The van der Waals surface area contributed by atoms with E-state index in [0.717, 1.165) is 31.4 Å². The topological polar surface area (TPSA) is 44.8 Å². The van der Waals surface area contributed by atoms with Crippen LogP contribution in [-0.2, 0) is 25.6 Å². The van der Waals surface area contributed by atoms with Crippen LogP contribution >= 0.6 is 0 Å². The first-order valence-corrected chi connectivity index (χ1v) is 9.56. The second kappa shape index (κ2) is 11.9. The monoisotopic (exact) mass is 358 g/mol. The molecular formula is C22H30O4. The second-order valence-electron chi connectivity index (χ2n) is 7.00. The van der Waals surface area contributed by atoms with Crippen LogP contribution in [0.4, 0.5) is 0 Å². The molecule has 1 aromatic carbocycles. The third kappa shape index (κ3) is 8.14. The van der Waals surface area contributed by atoms with Gasteiger partial charge in [-0.25, -0.2) is 0 Å². The Balaban J connectivity index is 1.76. The predicted octanol–water partition coefficient (Wildman–Crippen LogP) is 4.12. The van der Waals surface area contributed by atoms with E-state index in [1.54, 1.807) is 0 Å². The Bertz CT molecular complexity index is 579. The van der Waals surface area contributed by atoms with Gasteiger partial charge >= 0.3 is 0 Å². The molecule has 0 bridgehead atoms. The van der Waals surface area contributed by atoms with Crippen LogP contribution in [0.2, 0.25) is 0 Å². The molecule has 1 aliphatic rings. The first-order chi connectivity index (χ1) is 12.6. The average Bonchev–Trinajstić information content (AvgIpc) is 2.66. The first-order valence-electron chi connectivity index (χ1n) is 9.56. The summed E-state index contributed by atoms with van der Waals surface area (Å²) in [4.78, 5) is 12.4. The van der Waals surface area contributed by atoms with Gasteiger partial charge in [0.15, 0.2) is 6.29 Å². The Kier molecular flexibility index (Phi) is 9.41. The molecule has 1 heterocycles. The summed E-state index contributed by atoms with van der Waals surface area (Å²) in [7, 11) is 0. The maximum absolute atomic E-state index is 12.4. The number of ketones is 1. The van der Waals surface area contributed by atoms with Gasteiger partial charge in [0, 0.05) is 13.0 Å². The van der Waals surface area contributed by atoms with Crippen molar-refractivity contribution in [2.24, 2.45) is 5.92 Å². The predicted molar refractivity (Wildman–Crippen MR) is 101 cm³/mol. The molecule has 2 atom stereocenters. The molecule has 4 nitrogen and oxygen atoms in total. The zero-order valence-corrected chi connectivity index (χ0v) is 15.9. The van der Waals surface area contributed by atoms with Crippen molar-refractivity contribution in [3.05, 3.63) is 35.9 Å². The number of carbonyl (C=O) groups is 1. The van der Waals surface area contributed by atoms with E-state index in [4.69, 9.17) is 14.2 Å². The molecule has 2 rings (SSSR count). The number of rotatable bonds is 9. The molecule has 0 aliphatic carbocycles. The summed E-state index contributed by atoms with van der Waals surface area (Å²) in [6.07, 6.45) is 3.80. The van der Waals surface area contributed by atoms with Gasteiger partial charge in [-0.2, -0.15) is 0 Å². The normalized spacial score (nSPS) is 18.2. The minimum absolute atomic E-state index is 0.107. The fraction of sp³-hybridized carbons (Fsp3) is 0.591. The van der Waals surface area contributed by atoms with Gasteiger partial charge in [-0.1, -0.05) is 50.1 Å². The molecule has 0 amide bonds. The molecule has 26 heavy (non-hydrogen) atoms. The summed E-state index contributed by atoms with van der Waals surface area (Å²) >= 11 is 0. The van der Waals surface area contributed by atoms with E-state index in [2.05, 4.69) is 25.7 Å². The lowest BCUT2D eigenvalue weighted by molar-refractivity contribution is -0.161. The lowest BCUT2D eigenvalue weighted by Crippen LogP contribution is -2.25. The molecule has 1 aliphatic heterocycles. The molecule has 1 fully saturated rings. The van der Waals surface area contributed by atoms with Gasteiger partial charge in [0.05, 0.1) is 13.2 Å². The molecule has 0 aromatic heterocycles. The van der Waals surface area contributed by atoms with Crippen LogP contribution in [-0.4, -0.2) is 31.4 Å². The highest BCUT2D eigenvalue weighted by Gasteiger charge is 2.19. The van der Waals surface area contributed by atoms with Crippen molar-refractivity contribution >= 4 is 5.78 Å². The zero-order valence-electron chi connectivity index (χ0n) is 15.9. The molecule has 1 aromatic rings. The van der Waals surface area contributed by atoms with E-state index in [1.165, 1.54) is 0 Å².